The van der Waals surface area contributed by atoms with E-state index in [1.54, 1.807) is 31.6 Å². The molecule has 0 fully saturated rings. The smallest absolute Gasteiger partial charge is 0.416 e. The van der Waals surface area contributed by atoms with Crippen LogP contribution in [-0.4, -0.2) is 30.3 Å². The minimum absolute atomic E-state index is 0.566. The third-order valence-corrected chi connectivity index (χ3v) is 5.56. The summed E-state index contributed by atoms with van der Waals surface area (Å²) in [7, 11) is 1.58. The van der Waals surface area contributed by atoms with Gasteiger partial charge in [-0.1, -0.05) is 38.1 Å². The minimum Gasteiger partial charge on any atom is -0.493 e. The Hall–Kier alpha value is -2.78. The summed E-state index contributed by atoms with van der Waals surface area (Å²) in [5, 5.41) is 0. The van der Waals surface area contributed by atoms with Crippen LogP contribution in [0.25, 0.3) is 0 Å². The summed E-state index contributed by atoms with van der Waals surface area (Å²) in [6.07, 6.45) is 2.73. The van der Waals surface area contributed by atoms with E-state index in [1.807, 2.05) is 13.8 Å². The van der Waals surface area contributed by atoms with Crippen molar-refractivity contribution in [3.8, 4) is 5.75 Å². The van der Waals surface area contributed by atoms with Crippen molar-refractivity contribution in [2.45, 2.75) is 50.6 Å². The van der Waals surface area contributed by atoms with Crippen LogP contribution in [-0.2, 0) is 23.8 Å². The number of fused-ring (bicyclic) bond motifs is 1. The average Bonchev–Trinajstić information content (AvgIpc) is 2.89. The van der Waals surface area contributed by atoms with E-state index in [1.165, 1.54) is 29.6 Å². The Labute approximate surface area is 209 Å². The molecule has 0 saturated heterocycles. The van der Waals surface area contributed by atoms with Crippen molar-refractivity contribution < 1.29 is 22.6 Å². The molecule has 9 heteroatoms. The van der Waals surface area contributed by atoms with E-state index in [-0.39, 0.29) is 0 Å². The Bertz CT molecular complexity index is 1000. The van der Waals surface area contributed by atoms with Gasteiger partial charge in [-0.3, -0.25) is 4.72 Å². The van der Waals surface area contributed by atoms with Crippen LogP contribution in [0, 0.1) is 0 Å². The van der Waals surface area contributed by atoms with Crippen LogP contribution in [0.5, 0.6) is 5.75 Å². The second-order valence-corrected chi connectivity index (χ2v) is 8.17. The predicted octanol–water partition coefficient (Wildman–Crippen LogP) is 7.23. The molecule has 0 spiro atoms. The lowest BCUT2D eigenvalue weighted by molar-refractivity contribution is -0.137. The van der Waals surface area contributed by atoms with Crippen molar-refractivity contribution >= 4 is 17.9 Å². The molecule has 2 heterocycles. The highest BCUT2D eigenvalue weighted by Gasteiger charge is 2.30. The summed E-state index contributed by atoms with van der Waals surface area (Å²) in [6.45, 7) is 5.38. The summed E-state index contributed by atoms with van der Waals surface area (Å²) in [5.74, 6) is 1.61. The average molecular weight is 508 g/mol. The monoisotopic (exact) mass is 507 g/mol. The first-order chi connectivity index (χ1) is 17.0. The standard InChI is InChI=1S/C13H13N3OS.C11H13F3O.C2H6/c1-3-10-4-5-11(9-12(10)17-8-1)18-16-13-14-6-2-7-15-13;1-15-7-3-5-9-4-2-6-10(8-9)11(12,13)14;1-2/h2,4-7,9H,1,3,8H2,(H,14,15,16);2,4,6,8H,3,5,7H2,1H3;1-2H3. The molecule has 3 aromatic rings. The fraction of sp³-hybridized carbons (Fsp3) is 0.385. The highest BCUT2D eigenvalue weighted by atomic mass is 32.2. The summed E-state index contributed by atoms with van der Waals surface area (Å²) in [4.78, 5) is 9.31. The second-order valence-electron chi connectivity index (χ2n) is 7.29. The molecule has 0 atom stereocenters. The first kappa shape index (κ1) is 28.5. The van der Waals surface area contributed by atoms with Gasteiger partial charge in [0.2, 0.25) is 5.95 Å². The van der Waals surface area contributed by atoms with Gasteiger partial charge in [0.05, 0.1) is 12.2 Å². The molecule has 2 aromatic carbocycles. The molecule has 0 aliphatic carbocycles. The number of benzene rings is 2. The summed E-state index contributed by atoms with van der Waals surface area (Å²) < 4.78 is 50.6. The Balaban J connectivity index is 0.000000235. The fourth-order valence-corrected chi connectivity index (χ4v) is 3.78. The molecule has 190 valence electrons. The maximum absolute atomic E-state index is 12.3. The van der Waals surface area contributed by atoms with Crippen LogP contribution < -0.4 is 9.46 Å². The number of halogens is 3. The number of alkyl halides is 3. The quantitative estimate of drug-likeness (QED) is 0.269. The van der Waals surface area contributed by atoms with E-state index < -0.39 is 11.7 Å². The first-order valence-electron chi connectivity index (χ1n) is 11.6. The van der Waals surface area contributed by atoms with E-state index in [0.29, 0.717) is 24.5 Å². The Kier molecular flexibility index (Phi) is 12.4. The van der Waals surface area contributed by atoms with Gasteiger partial charge < -0.3 is 9.47 Å². The summed E-state index contributed by atoms with van der Waals surface area (Å²) in [5.41, 5.74) is 1.40. The molecule has 4 rings (SSSR count). The Morgan fingerprint density at radius 1 is 1.06 bits per heavy atom. The maximum atomic E-state index is 12.3. The van der Waals surface area contributed by atoms with Crippen molar-refractivity contribution in [2.75, 3.05) is 25.0 Å². The molecule has 0 saturated carbocycles. The molecule has 1 aliphatic heterocycles. The van der Waals surface area contributed by atoms with E-state index in [4.69, 9.17) is 9.47 Å². The van der Waals surface area contributed by atoms with Gasteiger partial charge in [-0.25, -0.2) is 9.97 Å². The van der Waals surface area contributed by atoms with Gasteiger partial charge in [0.25, 0.3) is 0 Å². The van der Waals surface area contributed by atoms with Crippen molar-refractivity contribution in [3.63, 3.8) is 0 Å². The van der Waals surface area contributed by atoms with Gasteiger partial charge in [-0.2, -0.15) is 13.2 Å². The van der Waals surface area contributed by atoms with Crippen LogP contribution in [0.15, 0.2) is 65.8 Å². The van der Waals surface area contributed by atoms with Gasteiger partial charge in [-0.05, 0) is 73.0 Å². The number of rotatable bonds is 7. The van der Waals surface area contributed by atoms with Gasteiger partial charge in [0.1, 0.15) is 5.75 Å². The molecule has 0 unspecified atom stereocenters. The maximum Gasteiger partial charge on any atom is 0.416 e. The normalized spacial score (nSPS) is 12.2. The van der Waals surface area contributed by atoms with E-state index >= 15 is 0 Å². The number of nitrogens with zero attached hydrogens (tertiary/aromatic N) is 2. The van der Waals surface area contributed by atoms with Crippen LogP contribution in [0.1, 0.15) is 43.4 Å². The largest absolute Gasteiger partial charge is 0.493 e. The van der Waals surface area contributed by atoms with Gasteiger partial charge in [0, 0.05) is 31.0 Å². The number of aromatic nitrogens is 2. The zero-order chi connectivity index (χ0) is 25.5. The Morgan fingerprint density at radius 3 is 2.54 bits per heavy atom. The molecule has 1 N–H and O–H groups in total. The third-order valence-electron chi connectivity index (χ3n) is 4.78. The highest BCUT2D eigenvalue weighted by Crippen LogP contribution is 2.31. The van der Waals surface area contributed by atoms with Gasteiger partial charge in [-0.15, -0.1) is 0 Å². The van der Waals surface area contributed by atoms with Crippen molar-refractivity contribution in [3.05, 3.63) is 77.6 Å². The predicted molar refractivity (Wildman–Crippen MR) is 135 cm³/mol. The molecule has 5 nitrogen and oxygen atoms in total. The van der Waals surface area contributed by atoms with Crippen molar-refractivity contribution in [2.24, 2.45) is 0 Å². The fourth-order valence-electron chi connectivity index (χ4n) is 3.16. The second kappa shape index (κ2) is 15.3. The molecule has 1 aliphatic rings. The summed E-state index contributed by atoms with van der Waals surface area (Å²) in [6, 6.07) is 13.5. The van der Waals surface area contributed by atoms with Gasteiger partial charge in [0.15, 0.2) is 0 Å². The number of hydrogen-bond acceptors (Lipinski definition) is 6. The molecular formula is C26H32F3N3O2S. The number of methoxy groups -OCH3 is 1. The lowest BCUT2D eigenvalue weighted by Crippen LogP contribution is -2.08. The molecule has 0 amide bonds. The van der Waals surface area contributed by atoms with Crippen LogP contribution in [0.4, 0.5) is 19.1 Å². The first-order valence-corrected chi connectivity index (χ1v) is 12.4. The van der Waals surface area contributed by atoms with Crippen LogP contribution >= 0.6 is 11.9 Å². The van der Waals surface area contributed by atoms with Gasteiger partial charge >= 0.3 is 6.18 Å². The topological polar surface area (TPSA) is 56.3 Å². The van der Waals surface area contributed by atoms with E-state index in [2.05, 4.69) is 32.9 Å². The number of nitrogens with one attached hydrogen (secondary N) is 1. The van der Waals surface area contributed by atoms with Crippen LogP contribution in [0.3, 0.4) is 0 Å². The van der Waals surface area contributed by atoms with Crippen molar-refractivity contribution in [1.82, 2.24) is 9.97 Å². The summed E-state index contributed by atoms with van der Waals surface area (Å²) >= 11 is 1.49. The van der Waals surface area contributed by atoms with E-state index in [0.717, 1.165) is 42.6 Å². The molecule has 0 bridgehead atoms. The third kappa shape index (κ3) is 10.2. The van der Waals surface area contributed by atoms with E-state index in [9.17, 15) is 13.2 Å². The number of aryl methyl sites for hydroxylation is 2. The number of anilines is 1. The van der Waals surface area contributed by atoms with Crippen molar-refractivity contribution in [1.29, 1.82) is 0 Å². The molecular weight excluding hydrogens is 475 g/mol. The van der Waals surface area contributed by atoms with Crippen LogP contribution in [0.2, 0.25) is 0 Å². The molecule has 35 heavy (non-hydrogen) atoms. The Morgan fingerprint density at radius 2 is 1.83 bits per heavy atom. The number of ether oxygens (including phenoxy) is 2. The lowest BCUT2D eigenvalue weighted by Gasteiger charge is -2.17. The SMILES string of the molecule is CC.COCCCc1cccc(C(F)(F)F)c1.c1cnc(NSc2ccc3c(c2)OCCC3)nc1. The molecule has 0 radical (unpaired) electrons. The molecule has 1 aromatic heterocycles. The lowest BCUT2D eigenvalue weighted by atomic mass is 10.1. The zero-order valence-corrected chi connectivity index (χ0v) is 21.1. The zero-order valence-electron chi connectivity index (χ0n) is 20.3. The number of hydrogen-bond donors (Lipinski definition) is 1. The minimum atomic E-state index is -4.25. The highest BCUT2D eigenvalue weighted by molar-refractivity contribution is 8.00.